The van der Waals surface area contributed by atoms with Crippen LogP contribution in [0.15, 0.2) is 72.8 Å². The number of esters is 4. The van der Waals surface area contributed by atoms with Gasteiger partial charge < -0.3 is 18.9 Å². The molecule has 0 aromatic heterocycles. The van der Waals surface area contributed by atoms with Gasteiger partial charge in [-0.25, -0.2) is 16.8 Å². The van der Waals surface area contributed by atoms with Crippen LogP contribution in [0.1, 0.15) is 57.1 Å². The van der Waals surface area contributed by atoms with E-state index in [-0.39, 0.29) is 11.1 Å². The highest BCUT2D eigenvalue weighted by Gasteiger charge is 2.66. The van der Waals surface area contributed by atoms with Crippen LogP contribution in [0.4, 0.5) is 0 Å². The van der Waals surface area contributed by atoms with Crippen LogP contribution in [0, 0.1) is 24.7 Å². The van der Waals surface area contributed by atoms with Gasteiger partial charge in [-0.3, -0.25) is 19.2 Å². The van der Waals surface area contributed by atoms with Gasteiger partial charge in [-0.2, -0.15) is 0 Å². The lowest BCUT2D eigenvalue weighted by Crippen LogP contribution is -2.57. The second kappa shape index (κ2) is 14.5. The average molecular weight is 755 g/mol. The third-order valence-corrected chi connectivity index (χ3v) is 14.0. The number of methoxy groups -OCH3 is 4. The third-order valence-electron chi connectivity index (χ3n) is 10.6. The molecule has 0 amide bonds. The van der Waals surface area contributed by atoms with E-state index < -0.39 is 101 Å². The second-order valence-electron chi connectivity index (χ2n) is 13.6. The molecule has 2 aliphatic heterocycles. The molecule has 0 saturated carbocycles. The molecule has 2 aliphatic rings. The van der Waals surface area contributed by atoms with Crippen molar-refractivity contribution in [3.63, 3.8) is 0 Å². The number of benzene rings is 3. The molecule has 4 atom stereocenters. The van der Waals surface area contributed by atoms with Gasteiger partial charge >= 0.3 is 23.9 Å². The van der Waals surface area contributed by atoms with Gasteiger partial charge in [0.25, 0.3) is 0 Å². The van der Waals surface area contributed by atoms with Crippen LogP contribution in [-0.4, -0.2) is 92.2 Å². The van der Waals surface area contributed by atoms with E-state index in [0.29, 0.717) is 11.1 Å². The largest absolute Gasteiger partial charge is 0.468 e. The van der Waals surface area contributed by atoms with Crippen molar-refractivity contribution in [3.8, 4) is 0 Å². The van der Waals surface area contributed by atoms with Gasteiger partial charge in [0, 0.05) is 23.7 Å². The maximum Gasteiger partial charge on any atom is 0.324 e. The van der Waals surface area contributed by atoms with E-state index in [0.717, 1.165) is 39.6 Å². The molecule has 2 fully saturated rings. The molecule has 2 heterocycles. The van der Waals surface area contributed by atoms with E-state index in [1.165, 1.54) is 24.3 Å². The molecule has 278 valence electrons. The minimum atomic E-state index is -3.96. The van der Waals surface area contributed by atoms with Crippen molar-refractivity contribution in [2.24, 2.45) is 10.8 Å². The SMILES string of the molecule is COC(=O)C1(C(=O)OC)C(c2ccc(C)cc2)CS(=O)(=O)CC1c1cccc(C2CS(=O)(=O)C[C@H](c3ccc(C)cc3)C2(C(=O)OC)C(=O)OC)c1. The zero-order valence-electron chi connectivity index (χ0n) is 29.8. The topological polar surface area (TPSA) is 173 Å². The maximum atomic E-state index is 14.1. The Bertz CT molecular complexity index is 1910. The number of aryl methyl sites for hydroxylation is 2. The minimum absolute atomic E-state index is 0.146. The lowest BCUT2D eigenvalue weighted by atomic mass is 9.61. The van der Waals surface area contributed by atoms with Gasteiger partial charge in [-0.15, -0.1) is 0 Å². The van der Waals surface area contributed by atoms with Gasteiger partial charge in [-0.1, -0.05) is 83.9 Å². The van der Waals surface area contributed by atoms with Crippen LogP contribution < -0.4 is 0 Å². The van der Waals surface area contributed by atoms with Gasteiger partial charge in [0.2, 0.25) is 0 Å². The van der Waals surface area contributed by atoms with Crippen molar-refractivity contribution < 1.29 is 55.0 Å². The van der Waals surface area contributed by atoms with Crippen LogP contribution in [0.3, 0.4) is 0 Å². The fourth-order valence-corrected chi connectivity index (χ4v) is 12.3. The monoisotopic (exact) mass is 754 g/mol. The van der Waals surface area contributed by atoms with Crippen molar-refractivity contribution in [3.05, 3.63) is 106 Å². The van der Waals surface area contributed by atoms with Crippen molar-refractivity contribution in [1.82, 2.24) is 0 Å². The Morgan fingerprint density at radius 1 is 0.481 bits per heavy atom. The smallest absolute Gasteiger partial charge is 0.324 e. The second-order valence-corrected chi connectivity index (χ2v) is 17.9. The van der Waals surface area contributed by atoms with E-state index in [2.05, 4.69) is 0 Å². The summed E-state index contributed by atoms with van der Waals surface area (Å²) in [5.41, 5.74) is -1.64. The predicted octanol–water partition coefficient (Wildman–Crippen LogP) is 3.56. The number of carbonyl (C=O) groups is 4. The molecule has 52 heavy (non-hydrogen) atoms. The van der Waals surface area contributed by atoms with E-state index >= 15 is 0 Å². The number of hydrogen-bond donors (Lipinski definition) is 0. The van der Waals surface area contributed by atoms with Gasteiger partial charge in [0.15, 0.2) is 30.5 Å². The Balaban J connectivity index is 1.81. The summed E-state index contributed by atoms with van der Waals surface area (Å²) in [4.78, 5) is 56.3. The van der Waals surface area contributed by atoms with Gasteiger partial charge in [-0.05, 0) is 36.1 Å². The Hall–Kier alpha value is -4.56. The Labute approximate surface area is 303 Å². The first kappa shape index (κ1) is 38.7. The highest BCUT2D eigenvalue weighted by Crippen LogP contribution is 2.56. The number of hydrogen-bond acceptors (Lipinski definition) is 12. The predicted molar refractivity (Wildman–Crippen MR) is 190 cm³/mol. The highest BCUT2D eigenvalue weighted by molar-refractivity contribution is 7.91. The number of rotatable bonds is 8. The number of sulfone groups is 2. The molecule has 2 saturated heterocycles. The first-order valence-electron chi connectivity index (χ1n) is 16.5. The molecule has 14 heteroatoms. The van der Waals surface area contributed by atoms with Crippen molar-refractivity contribution in [1.29, 1.82) is 0 Å². The van der Waals surface area contributed by atoms with Crippen molar-refractivity contribution in [2.75, 3.05) is 51.5 Å². The molecule has 0 aliphatic carbocycles. The summed E-state index contributed by atoms with van der Waals surface area (Å²) < 4.78 is 76.0. The maximum absolute atomic E-state index is 14.1. The van der Waals surface area contributed by atoms with Crippen LogP contribution in [0.25, 0.3) is 0 Å². The van der Waals surface area contributed by atoms with E-state index in [4.69, 9.17) is 18.9 Å². The van der Waals surface area contributed by atoms with Crippen LogP contribution in [-0.2, 0) is 57.8 Å². The van der Waals surface area contributed by atoms with E-state index in [9.17, 15) is 36.0 Å². The van der Waals surface area contributed by atoms with Crippen molar-refractivity contribution in [2.45, 2.75) is 37.5 Å². The Morgan fingerprint density at radius 3 is 1.02 bits per heavy atom. The molecular formula is C38H42O12S2. The summed E-state index contributed by atoms with van der Waals surface area (Å²) in [5.74, 6) is -11.9. The standard InChI is InChI=1S/C38H42O12S2/c1-23-10-14-25(15-11-23)29-19-51(43,44)21-31(37(29,33(39)47-3)34(40)48-4)27-8-7-9-28(18-27)32-22-52(45,46)20-30(26-16-12-24(2)13-17-26)38(32,35(41)49-5)36(42)50-6/h7-18,29-32H,19-22H2,1-6H3/t29-,30?,31?,32?/m1/s1. The van der Waals surface area contributed by atoms with Gasteiger partial charge in [0.1, 0.15) is 0 Å². The summed E-state index contributed by atoms with van der Waals surface area (Å²) in [6.07, 6.45) is 0. The van der Waals surface area contributed by atoms with E-state index in [1.54, 1.807) is 48.5 Å². The summed E-state index contributed by atoms with van der Waals surface area (Å²) in [5, 5.41) is 0. The molecule has 0 bridgehead atoms. The highest BCUT2D eigenvalue weighted by atomic mass is 32.2. The molecule has 0 radical (unpaired) electrons. The van der Waals surface area contributed by atoms with Crippen LogP contribution in [0.2, 0.25) is 0 Å². The molecule has 3 aromatic rings. The molecule has 0 spiro atoms. The lowest BCUT2D eigenvalue weighted by Gasteiger charge is -2.46. The summed E-state index contributed by atoms with van der Waals surface area (Å²) in [6.45, 7) is 3.67. The zero-order chi connectivity index (χ0) is 38.2. The molecule has 0 N–H and O–H groups in total. The number of ether oxygens (including phenoxy) is 4. The normalized spacial score (nSPS) is 24.1. The first-order valence-corrected chi connectivity index (χ1v) is 20.1. The minimum Gasteiger partial charge on any atom is -0.468 e. The average Bonchev–Trinajstić information content (AvgIpc) is 3.13. The Morgan fingerprint density at radius 2 is 0.750 bits per heavy atom. The Kier molecular flexibility index (Phi) is 10.8. The summed E-state index contributed by atoms with van der Waals surface area (Å²) in [6, 6.07) is 19.5. The van der Waals surface area contributed by atoms with Gasteiger partial charge in [0.05, 0.1) is 51.5 Å². The molecular weight excluding hydrogens is 713 g/mol. The molecule has 3 unspecified atom stereocenters. The quantitative estimate of drug-likeness (QED) is 0.186. The molecule has 12 nitrogen and oxygen atoms in total. The van der Waals surface area contributed by atoms with Crippen LogP contribution >= 0.6 is 0 Å². The van der Waals surface area contributed by atoms with Crippen molar-refractivity contribution >= 4 is 43.6 Å². The fourth-order valence-electron chi connectivity index (χ4n) is 8.17. The lowest BCUT2D eigenvalue weighted by molar-refractivity contribution is -0.174. The fraction of sp³-hybridized carbons (Fsp3) is 0.421. The first-order chi connectivity index (χ1) is 24.5. The number of carbonyl (C=O) groups excluding carboxylic acids is 4. The summed E-state index contributed by atoms with van der Waals surface area (Å²) >= 11 is 0. The third kappa shape index (κ3) is 6.51. The molecule has 3 aromatic carbocycles. The summed E-state index contributed by atoms with van der Waals surface area (Å²) in [7, 11) is -3.56. The zero-order valence-corrected chi connectivity index (χ0v) is 31.4. The van der Waals surface area contributed by atoms with E-state index in [1.807, 2.05) is 13.8 Å². The molecule has 5 rings (SSSR count). The van der Waals surface area contributed by atoms with Crippen LogP contribution in [0.5, 0.6) is 0 Å².